The van der Waals surface area contributed by atoms with Crippen molar-refractivity contribution in [1.82, 2.24) is 4.90 Å². The van der Waals surface area contributed by atoms with E-state index in [0.717, 1.165) is 19.3 Å². The second-order valence-electron chi connectivity index (χ2n) is 4.57. The van der Waals surface area contributed by atoms with E-state index in [4.69, 9.17) is 15.1 Å². The van der Waals surface area contributed by atoms with Crippen LogP contribution in [0.5, 0.6) is 5.75 Å². The van der Waals surface area contributed by atoms with E-state index < -0.39 is 6.09 Å². The molecule has 1 aromatic rings. The van der Waals surface area contributed by atoms with Gasteiger partial charge in [-0.1, -0.05) is 0 Å². The SMILES string of the molecule is N#Cc1ccc(OCC2CCCCN2C(=O)O)cc1. The Morgan fingerprint density at radius 1 is 1.42 bits per heavy atom. The van der Waals surface area contributed by atoms with Crippen LogP contribution in [0.2, 0.25) is 0 Å². The number of nitrogens with zero attached hydrogens (tertiary/aromatic N) is 2. The van der Waals surface area contributed by atoms with E-state index in [0.29, 0.717) is 24.5 Å². The summed E-state index contributed by atoms with van der Waals surface area (Å²) in [6, 6.07) is 8.79. The van der Waals surface area contributed by atoms with Gasteiger partial charge in [0, 0.05) is 6.54 Å². The minimum absolute atomic E-state index is 0.0816. The van der Waals surface area contributed by atoms with E-state index >= 15 is 0 Å². The molecular weight excluding hydrogens is 244 g/mol. The van der Waals surface area contributed by atoms with E-state index in [-0.39, 0.29) is 6.04 Å². The Labute approximate surface area is 112 Å². The molecule has 2 rings (SSSR count). The van der Waals surface area contributed by atoms with E-state index in [1.165, 1.54) is 4.90 Å². The molecule has 0 saturated carbocycles. The van der Waals surface area contributed by atoms with Gasteiger partial charge in [-0.05, 0) is 43.5 Å². The minimum atomic E-state index is -0.881. The fraction of sp³-hybridized carbons (Fsp3) is 0.429. The molecule has 1 amide bonds. The fourth-order valence-corrected chi connectivity index (χ4v) is 2.24. The highest BCUT2D eigenvalue weighted by Crippen LogP contribution is 2.19. The molecule has 0 radical (unpaired) electrons. The molecule has 19 heavy (non-hydrogen) atoms. The number of carboxylic acid groups (broad SMARTS) is 1. The lowest BCUT2D eigenvalue weighted by Gasteiger charge is -2.33. The zero-order chi connectivity index (χ0) is 13.7. The normalized spacial score (nSPS) is 18.7. The van der Waals surface area contributed by atoms with Crippen LogP contribution in [-0.2, 0) is 0 Å². The summed E-state index contributed by atoms with van der Waals surface area (Å²) in [6.45, 7) is 0.939. The first-order valence-electron chi connectivity index (χ1n) is 6.33. The van der Waals surface area contributed by atoms with Gasteiger partial charge in [-0.25, -0.2) is 4.79 Å². The van der Waals surface area contributed by atoms with Crippen molar-refractivity contribution < 1.29 is 14.6 Å². The second kappa shape index (κ2) is 6.10. The summed E-state index contributed by atoms with van der Waals surface area (Å²) >= 11 is 0. The lowest BCUT2D eigenvalue weighted by molar-refractivity contribution is 0.0837. The van der Waals surface area contributed by atoms with Crippen molar-refractivity contribution in [3.8, 4) is 11.8 Å². The molecule has 1 atom stereocenters. The van der Waals surface area contributed by atoms with Crippen molar-refractivity contribution in [1.29, 1.82) is 5.26 Å². The number of ether oxygens (including phenoxy) is 1. The highest BCUT2D eigenvalue weighted by molar-refractivity contribution is 5.65. The van der Waals surface area contributed by atoms with Crippen LogP contribution in [0.4, 0.5) is 4.79 Å². The molecule has 1 aliphatic heterocycles. The van der Waals surface area contributed by atoms with E-state index in [2.05, 4.69) is 0 Å². The van der Waals surface area contributed by atoms with Crippen LogP contribution in [0.1, 0.15) is 24.8 Å². The number of likely N-dealkylation sites (tertiary alicyclic amines) is 1. The molecule has 0 aliphatic carbocycles. The summed E-state index contributed by atoms with van der Waals surface area (Å²) in [5, 5.41) is 17.8. The molecule has 1 aromatic carbocycles. The summed E-state index contributed by atoms with van der Waals surface area (Å²) in [7, 11) is 0. The van der Waals surface area contributed by atoms with Gasteiger partial charge in [-0.15, -0.1) is 0 Å². The topological polar surface area (TPSA) is 73.6 Å². The molecule has 1 N–H and O–H groups in total. The third-order valence-electron chi connectivity index (χ3n) is 3.30. The van der Waals surface area contributed by atoms with Gasteiger partial charge in [-0.2, -0.15) is 5.26 Å². The summed E-state index contributed by atoms with van der Waals surface area (Å²) in [4.78, 5) is 12.5. The van der Waals surface area contributed by atoms with E-state index in [1.807, 2.05) is 6.07 Å². The van der Waals surface area contributed by atoms with Crippen molar-refractivity contribution in [3.63, 3.8) is 0 Å². The van der Waals surface area contributed by atoms with Crippen LogP contribution in [0.25, 0.3) is 0 Å². The predicted molar refractivity (Wildman–Crippen MR) is 69.0 cm³/mol. The molecule has 0 spiro atoms. The number of hydrogen-bond donors (Lipinski definition) is 1. The van der Waals surface area contributed by atoms with Gasteiger partial charge >= 0.3 is 6.09 Å². The molecule has 1 unspecified atom stereocenters. The monoisotopic (exact) mass is 260 g/mol. The van der Waals surface area contributed by atoms with Crippen LogP contribution in [0.15, 0.2) is 24.3 Å². The van der Waals surface area contributed by atoms with E-state index in [9.17, 15) is 4.79 Å². The average molecular weight is 260 g/mol. The largest absolute Gasteiger partial charge is 0.491 e. The Morgan fingerprint density at radius 2 is 2.16 bits per heavy atom. The number of hydrogen-bond acceptors (Lipinski definition) is 3. The third kappa shape index (κ3) is 3.38. The Hall–Kier alpha value is -2.22. The smallest absolute Gasteiger partial charge is 0.407 e. The first-order valence-corrected chi connectivity index (χ1v) is 6.33. The molecule has 0 bridgehead atoms. The van der Waals surface area contributed by atoms with Gasteiger partial charge in [-0.3, -0.25) is 0 Å². The van der Waals surface area contributed by atoms with Crippen molar-refractivity contribution in [2.24, 2.45) is 0 Å². The lowest BCUT2D eigenvalue weighted by atomic mass is 10.0. The molecule has 100 valence electrons. The van der Waals surface area contributed by atoms with Gasteiger partial charge in [0.25, 0.3) is 0 Å². The summed E-state index contributed by atoms with van der Waals surface area (Å²) in [5.74, 6) is 0.662. The first-order chi connectivity index (χ1) is 9.20. The molecule has 5 nitrogen and oxygen atoms in total. The quantitative estimate of drug-likeness (QED) is 0.906. The van der Waals surface area contributed by atoms with Gasteiger partial charge < -0.3 is 14.7 Å². The van der Waals surface area contributed by atoms with Crippen molar-refractivity contribution in [3.05, 3.63) is 29.8 Å². The lowest BCUT2D eigenvalue weighted by Crippen LogP contribution is -2.46. The molecule has 0 aromatic heterocycles. The molecular formula is C14H16N2O3. The summed E-state index contributed by atoms with van der Waals surface area (Å²) in [5.41, 5.74) is 0.581. The average Bonchev–Trinajstić information content (AvgIpc) is 2.46. The number of piperidine rings is 1. The number of benzene rings is 1. The maximum absolute atomic E-state index is 11.1. The van der Waals surface area contributed by atoms with Gasteiger partial charge in [0.05, 0.1) is 17.7 Å². The van der Waals surface area contributed by atoms with Gasteiger partial charge in [0.2, 0.25) is 0 Å². The zero-order valence-electron chi connectivity index (χ0n) is 10.6. The number of nitriles is 1. The van der Waals surface area contributed by atoms with Gasteiger partial charge in [0.15, 0.2) is 0 Å². The second-order valence-corrected chi connectivity index (χ2v) is 4.57. The number of rotatable bonds is 3. The van der Waals surface area contributed by atoms with Crippen LogP contribution in [0.3, 0.4) is 0 Å². The molecule has 1 fully saturated rings. The Bertz CT molecular complexity index is 478. The van der Waals surface area contributed by atoms with E-state index in [1.54, 1.807) is 24.3 Å². The molecule has 1 heterocycles. The molecule has 5 heteroatoms. The predicted octanol–water partition coefficient (Wildman–Crippen LogP) is 2.47. The van der Waals surface area contributed by atoms with Crippen molar-refractivity contribution >= 4 is 6.09 Å². The van der Waals surface area contributed by atoms with Crippen molar-refractivity contribution in [2.45, 2.75) is 25.3 Å². The first kappa shape index (κ1) is 13.2. The molecule has 1 saturated heterocycles. The highest BCUT2D eigenvalue weighted by Gasteiger charge is 2.26. The fourth-order valence-electron chi connectivity index (χ4n) is 2.24. The standard InChI is InChI=1S/C14H16N2O3/c15-9-11-4-6-13(7-5-11)19-10-12-3-1-2-8-16(12)14(17)18/h4-7,12H,1-3,8,10H2,(H,17,18). The number of carbonyl (C=O) groups is 1. The zero-order valence-corrected chi connectivity index (χ0v) is 10.6. The maximum atomic E-state index is 11.1. The Morgan fingerprint density at radius 3 is 2.79 bits per heavy atom. The van der Waals surface area contributed by atoms with Gasteiger partial charge in [0.1, 0.15) is 12.4 Å². The molecule has 1 aliphatic rings. The Balaban J connectivity index is 1.92. The van der Waals surface area contributed by atoms with Crippen LogP contribution in [-0.4, -0.2) is 35.3 Å². The Kier molecular flexibility index (Phi) is 4.24. The minimum Gasteiger partial charge on any atom is -0.491 e. The third-order valence-corrected chi connectivity index (χ3v) is 3.30. The number of amides is 1. The van der Waals surface area contributed by atoms with Crippen LogP contribution < -0.4 is 4.74 Å². The summed E-state index contributed by atoms with van der Waals surface area (Å²) in [6.07, 6.45) is 1.90. The van der Waals surface area contributed by atoms with Crippen molar-refractivity contribution in [2.75, 3.05) is 13.2 Å². The summed E-state index contributed by atoms with van der Waals surface area (Å²) < 4.78 is 5.61. The van der Waals surface area contributed by atoms with Crippen LogP contribution in [0, 0.1) is 11.3 Å². The highest BCUT2D eigenvalue weighted by atomic mass is 16.5. The maximum Gasteiger partial charge on any atom is 0.407 e. The van der Waals surface area contributed by atoms with Crippen LogP contribution >= 0.6 is 0 Å².